The number of ether oxygens (including phenoxy) is 2. The summed E-state index contributed by atoms with van der Waals surface area (Å²) in [6.45, 7) is 7.23. The number of carbonyl (C=O) groups excluding carboxylic acids is 3. The number of hydrogen-bond acceptors (Lipinski definition) is 5. The quantitative estimate of drug-likeness (QED) is 0.449. The molecule has 0 heterocycles. The lowest BCUT2D eigenvalue weighted by molar-refractivity contribution is -0.172. The Labute approximate surface area is 136 Å². The predicted octanol–water partition coefficient (Wildman–Crippen LogP) is 3.68. The van der Waals surface area contributed by atoms with Crippen molar-refractivity contribution in [3.8, 4) is 0 Å². The third kappa shape index (κ3) is 12.7. The summed E-state index contributed by atoms with van der Waals surface area (Å²) < 4.78 is 34.2. The van der Waals surface area contributed by atoms with Crippen LogP contribution < -0.4 is 0 Å². The minimum Gasteiger partial charge on any atom is -0.462 e. The second-order valence-corrected chi connectivity index (χ2v) is 4.78. The fourth-order valence-electron chi connectivity index (χ4n) is 1.39. The SMILES string of the molecule is CCCCC(=O)C(=O)OCC.CCCCC(F)(F)C(=O)OCC. The van der Waals surface area contributed by atoms with Gasteiger partial charge in [0.15, 0.2) is 0 Å². The van der Waals surface area contributed by atoms with Gasteiger partial charge in [0.1, 0.15) is 0 Å². The molecule has 7 heteroatoms. The maximum atomic E-state index is 12.7. The van der Waals surface area contributed by atoms with Gasteiger partial charge in [-0.05, 0) is 26.7 Å². The molecule has 136 valence electrons. The number of esters is 2. The summed E-state index contributed by atoms with van der Waals surface area (Å²) in [6.07, 6.45) is 2.57. The van der Waals surface area contributed by atoms with Crippen LogP contribution in [0.3, 0.4) is 0 Å². The van der Waals surface area contributed by atoms with Crippen LogP contribution in [0.15, 0.2) is 0 Å². The van der Waals surface area contributed by atoms with Crippen LogP contribution in [0.1, 0.15) is 66.2 Å². The van der Waals surface area contributed by atoms with Gasteiger partial charge in [-0.15, -0.1) is 0 Å². The van der Waals surface area contributed by atoms with Crippen LogP contribution in [0.2, 0.25) is 0 Å². The van der Waals surface area contributed by atoms with E-state index in [1.165, 1.54) is 6.92 Å². The van der Waals surface area contributed by atoms with Crippen LogP contribution in [0.4, 0.5) is 8.78 Å². The zero-order valence-corrected chi connectivity index (χ0v) is 14.5. The monoisotopic (exact) mass is 338 g/mol. The molecule has 0 aromatic carbocycles. The average Bonchev–Trinajstić information content (AvgIpc) is 2.51. The Kier molecular flexibility index (Phi) is 14.5. The van der Waals surface area contributed by atoms with Crippen molar-refractivity contribution in [2.24, 2.45) is 0 Å². The number of Topliss-reactive ketones (excluding diaryl/α,β-unsaturated/α-hetero) is 1. The molecule has 0 saturated heterocycles. The second kappa shape index (κ2) is 14.1. The van der Waals surface area contributed by atoms with E-state index in [2.05, 4.69) is 9.47 Å². The van der Waals surface area contributed by atoms with E-state index < -0.39 is 30.1 Å². The zero-order chi connectivity index (χ0) is 18.3. The molecule has 0 radical (unpaired) electrons. The number of rotatable bonds is 10. The van der Waals surface area contributed by atoms with Gasteiger partial charge in [-0.3, -0.25) is 4.79 Å². The number of hydrogen-bond donors (Lipinski definition) is 0. The van der Waals surface area contributed by atoms with Crippen LogP contribution in [0.25, 0.3) is 0 Å². The van der Waals surface area contributed by atoms with E-state index >= 15 is 0 Å². The van der Waals surface area contributed by atoms with Crippen LogP contribution in [-0.2, 0) is 23.9 Å². The van der Waals surface area contributed by atoms with Crippen LogP contribution in [0, 0.1) is 0 Å². The summed E-state index contributed by atoms with van der Waals surface area (Å²) in [5, 5.41) is 0. The molecule has 0 amide bonds. The minimum atomic E-state index is -3.30. The van der Waals surface area contributed by atoms with E-state index in [-0.39, 0.29) is 13.2 Å². The third-order valence-corrected chi connectivity index (χ3v) is 2.68. The van der Waals surface area contributed by atoms with Crippen molar-refractivity contribution >= 4 is 17.7 Å². The minimum absolute atomic E-state index is 0.000544. The van der Waals surface area contributed by atoms with Crippen molar-refractivity contribution in [3.63, 3.8) is 0 Å². The van der Waals surface area contributed by atoms with Crippen molar-refractivity contribution in [2.45, 2.75) is 72.1 Å². The van der Waals surface area contributed by atoms with Gasteiger partial charge in [-0.25, -0.2) is 9.59 Å². The Balaban J connectivity index is 0. The average molecular weight is 338 g/mol. The lowest BCUT2D eigenvalue weighted by Gasteiger charge is -2.13. The molecule has 5 nitrogen and oxygen atoms in total. The Morgan fingerprint density at radius 2 is 1.39 bits per heavy atom. The Morgan fingerprint density at radius 1 is 0.870 bits per heavy atom. The summed E-state index contributed by atoms with van der Waals surface area (Å²) in [7, 11) is 0. The van der Waals surface area contributed by atoms with Gasteiger partial charge in [0.05, 0.1) is 13.2 Å². The zero-order valence-electron chi connectivity index (χ0n) is 14.5. The number of ketones is 1. The molecule has 0 saturated carbocycles. The maximum absolute atomic E-state index is 12.7. The predicted molar refractivity (Wildman–Crippen MR) is 82.3 cm³/mol. The molecule has 0 spiro atoms. The molecule has 0 fully saturated rings. The van der Waals surface area contributed by atoms with Gasteiger partial charge >= 0.3 is 17.9 Å². The van der Waals surface area contributed by atoms with E-state index in [1.807, 2.05) is 6.92 Å². The summed E-state index contributed by atoms with van der Waals surface area (Å²) >= 11 is 0. The van der Waals surface area contributed by atoms with Gasteiger partial charge in [0, 0.05) is 12.8 Å². The highest BCUT2D eigenvalue weighted by Crippen LogP contribution is 2.22. The number of halogens is 2. The second-order valence-electron chi connectivity index (χ2n) is 4.78. The largest absolute Gasteiger partial charge is 0.462 e. The fraction of sp³-hybridized carbons (Fsp3) is 0.812. The van der Waals surface area contributed by atoms with Gasteiger partial charge in [0.2, 0.25) is 5.78 Å². The normalized spacial score (nSPS) is 10.3. The Bertz CT molecular complexity index is 356. The van der Waals surface area contributed by atoms with Crippen molar-refractivity contribution in [1.29, 1.82) is 0 Å². The number of unbranched alkanes of at least 4 members (excludes halogenated alkanes) is 2. The van der Waals surface area contributed by atoms with E-state index in [9.17, 15) is 23.2 Å². The van der Waals surface area contributed by atoms with Crippen molar-refractivity contribution in [3.05, 3.63) is 0 Å². The lowest BCUT2D eigenvalue weighted by Crippen LogP contribution is -2.30. The van der Waals surface area contributed by atoms with E-state index in [1.54, 1.807) is 13.8 Å². The van der Waals surface area contributed by atoms with Gasteiger partial charge in [-0.2, -0.15) is 8.78 Å². The topological polar surface area (TPSA) is 69.7 Å². The Morgan fingerprint density at radius 3 is 1.83 bits per heavy atom. The lowest BCUT2D eigenvalue weighted by atomic mass is 10.1. The van der Waals surface area contributed by atoms with Crippen molar-refractivity contribution in [1.82, 2.24) is 0 Å². The van der Waals surface area contributed by atoms with Gasteiger partial charge in [0.25, 0.3) is 0 Å². The van der Waals surface area contributed by atoms with Gasteiger partial charge in [-0.1, -0.05) is 26.7 Å². The maximum Gasteiger partial charge on any atom is 0.376 e. The summed E-state index contributed by atoms with van der Waals surface area (Å²) in [5.74, 6) is -5.81. The van der Waals surface area contributed by atoms with E-state index in [4.69, 9.17) is 0 Å². The van der Waals surface area contributed by atoms with Gasteiger partial charge < -0.3 is 9.47 Å². The first-order chi connectivity index (χ1) is 10.8. The molecule has 0 aromatic rings. The third-order valence-electron chi connectivity index (χ3n) is 2.68. The Hall–Kier alpha value is -1.53. The molecule has 23 heavy (non-hydrogen) atoms. The molecule has 0 aliphatic rings. The van der Waals surface area contributed by atoms with E-state index in [0.717, 1.165) is 12.8 Å². The molecule has 0 aromatic heterocycles. The molecular formula is C16H28F2O5. The number of carbonyl (C=O) groups is 3. The first-order valence-electron chi connectivity index (χ1n) is 8.01. The highest BCUT2D eigenvalue weighted by molar-refractivity contribution is 6.33. The molecule has 0 atom stereocenters. The molecule has 0 aliphatic carbocycles. The summed E-state index contributed by atoms with van der Waals surface area (Å²) in [6, 6.07) is 0. The first kappa shape index (κ1) is 23.7. The van der Waals surface area contributed by atoms with Crippen LogP contribution in [0.5, 0.6) is 0 Å². The van der Waals surface area contributed by atoms with Crippen LogP contribution >= 0.6 is 0 Å². The van der Waals surface area contributed by atoms with E-state index in [0.29, 0.717) is 19.3 Å². The molecule has 0 bridgehead atoms. The number of alkyl halides is 2. The fourth-order valence-corrected chi connectivity index (χ4v) is 1.39. The van der Waals surface area contributed by atoms with Crippen molar-refractivity contribution in [2.75, 3.05) is 13.2 Å². The molecule has 0 N–H and O–H groups in total. The summed E-state index contributed by atoms with van der Waals surface area (Å²) in [4.78, 5) is 32.1. The molecular weight excluding hydrogens is 310 g/mol. The molecule has 0 aliphatic heterocycles. The molecule has 0 unspecified atom stereocenters. The molecule has 0 rings (SSSR count). The summed E-state index contributed by atoms with van der Waals surface area (Å²) in [5.41, 5.74) is 0. The standard InChI is InChI=1S/C8H14F2O2.C8H14O3/c1-3-5-6-8(9,10)7(11)12-4-2;1-3-5-6-7(9)8(10)11-4-2/h3-6H2,1-2H3;3-6H2,1-2H3. The highest BCUT2D eigenvalue weighted by atomic mass is 19.3. The highest BCUT2D eigenvalue weighted by Gasteiger charge is 2.39. The smallest absolute Gasteiger partial charge is 0.376 e. The first-order valence-corrected chi connectivity index (χ1v) is 8.01. The van der Waals surface area contributed by atoms with Crippen molar-refractivity contribution < 1.29 is 32.6 Å². The van der Waals surface area contributed by atoms with Crippen LogP contribution in [-0.4, -0.2) is 36.9 Å².